The molecule has 1 aliphatic carbocycles. The lowest BCUT2D eigenvalue weighted by Crippen LogP contribution is -2.16. The molecule has 0 bridgehead atoms. The van der Waals surface area contributed by atoms with Crippen LogP contribution in [0.5, 0.6) is 0 Å². The molecule has 0 amide bonds. The Kier molecular flexibility index (Phi) is 5.41. The topological polar surface area (TPSA) is 49.8 Å². The lowest BCUT2D eigenvalue weighted by Gasteiger charge is -2.15. The molecular formula is C18H20BrF3N4. The summed E-state index contributed by atoms with van der Waals surface area (Å²) in [5.41, 5.74) is 0.522. The second-order valence-electron chi connectivity index (χ2n) is 6.55. The van der Waals surface area contributed by atoms with Gasteiger partial charge in [0.05, 0.1) is 11.3 Å². The van der Waals surface area contributed by atoms with Crippen LogP contribution >= 0.6 is 15.9 Å². The number of alkyl halides is 3. The van der Waals surface area contributed by atoms with Gasteiger partial charge in [0, 0.05) is 28.2 Å². The molecule has 0 unspecified atom stereocenters. The van der Waals surface area contributed by atoms with Crippen molar-refractivity contribution in [2.75, 3.05) is 10.6 Å². The molecule has 8 heteroatoms. The predicted octanol–water partition coefficient (Wildman–Crippen LogP) is 6.09. The summed E-state index contributed by atoms with van der Waals surface area (Å²) in [6.07, 6.45) is -1.35. The van der Waals surface area contributed by atoms with Gasteiger partial charge in [0.2, 0.25) is 5.95 Å². The highest BCUT2D eigenvalue weighted by Crippen LogP contribution is 2.40. The Morgan fingerprint density at radius 1 is 1.23 bits per heavy atom. The van der Waals surface area contributed by atoms with E-state index in [2.05, 4.69) is 43.5 Å². The lowest BCUT2D eigenvalue weighted by molar-refractivity contribution is -0.138. The number of halogens is 4. The Bertz CT molecular complexity index is 790. The highest BCUT2D eigenvalue weighted by atomic mass is 79.9. The Morgan fingerprint density at radius 3 is 2.58 bits per heavy atom. The Hall–Kier alpha value is -1.83. The van der Waals surface area contributed by atoms with Crippen LogP contribution in [0.3, 0.4) is 0 Å². The van der Waals surface area contributed by atoms with Gasteiger partial charge in [-0.15, -0.1) is 0 Å². The number of hydrogen-bond donors (Lipinski definition) is 2. The molecule has 0 spiro atoms. The molecule has 0 saturated heterocycles. The second kappa shape index (κ2) is 7.42. The van der Waals surface area contributed by atoms with Crippen molar-refractivity contribution < 1.29 is 13.2 Å². The van der Waals surface area contributed by atoms with E-state index in [4.69, 9.17) is 0 Å². The summed E-state index contributed by atoms with van der Waals surface area (Å²) in [5.74, 6) is 1.40. The van der Waals surface area contributed by atoms with Gasteiger partial charge in [-0.1, -0.05) is 22.9 Å². The van der Waals surface area contributed by atoms with Crippen LogP contribution in [0.15, 0.2) is 28.7 Å². The monoisotopic (exact) mass is 428 g/mol. The first-order valence-corrected chi connectivity index (χ1v) is 9.35. The van der Waals surface area contributed by atoms with E-state index < -0.39 is 11.7 Å². The minimum Gasteiger partial charge on any atom is -0.352 e. The summed E-state index contributed by atoms with van der Waals surface area (Å²) in [4.78, 5) is 8.96. The van der Waals surface area contributed by atoms with Crippen molar-refractivity contribution in [2.24, 2.45) is 0 Å². The van der Waals surface area contributed by atoms with Crippen molar-refractivity contribution in [1.82, 2.24) is 9.97 Å². The van der Waals surface area contributed by atoms with Crippen molar-refractivity contribution in [1.29, 1.82) is 0 Å². The zero-order chi connectivity index (χ0) is 18.9. The molecule has 1 saturated carbocycles. The van der Waals surface area contributed by atoms with Crippen LogP contribution in [0.1, 0.15) is 50.3 Å². The molecule has 0 aliphatic heterocycles. The van der Waals surface area contributed by atoms with E-state index in [9.17, 15) is 13.2 Å². The van der Waals surface area contributed by atoms with Crippen LogP contribution in [0.4, 0.5) is 30.6 Å². The summed E-state index contributed by atoms with van der Waals surface area (Å²) >= 11 is 2.95. The minimum absolute atomic E-state index is 0.0102. The van der Waals surface area contributed by atoms with Crippen molar-refractivity contribution in [2.45, 2.75) is 51.2 Å². The molecule has 1 fully saturated rings. The zero-order valence-corrected chi connectivity index (χ0v) is 16.1. The molecule has 140 valence electrons. The highest BCUT2D eigenvalue weighted by Gasteiger charge is 2.33. The standard InChI is InChI=1S/C18H20BrF3N4/c1-3-10(2)23-17-25-15(11-4-5-11)9-16(26-17)24-12-6-7-14(19)13(8-12)18(20,21)22/h6-11H,3-5H2,1-2H3,(H2,23,24,25,26)/t10-/m1/s1. The maximum atomic E-state index is 13.1. The van der Waals surface area contributed by atoms with Gasteiger partial charge in [0.25, 0.3) is 0 Å². The van der Waals surface area contributed by atoms with Gasteiger partial charge in [-0.25, -0.2) is 4.98 Å². The molecular weight excluding hydrogens is 409 g/mol. The lowest BCUT2D eigenvalue weighted by atomic mass is 10.2. The van der Waals surface area contributed by atoms with Crippen LogP contribution in [-0.2, 0) is 6.18 Å². The van der Waals surface area contributed by atoms with Crippen molar-refractivity contribution in [3.63, 3.8) is 0 Å². The average Bonchev–Trinajstić information content (AvgIpc) is 3.40. The van der Waals surface area contributed by atoms with Gasteiger partial charge < -0.3 is 10.6 Å². The molecule has 3 rings (SSSR count). The molecule has 1 aliphatic rings. The summed E-state index contributed by atoms with van der Waals surface area (Å²) < 4.78 is 39.3. The molecule has 4 nitrogen and oxygen atoms in total. The SMILES string of the molecule is CC[C@@H](C)Nc1nc(Nc2ccc(Br)c(C(F)(F)F)c2)cc(C2CC2)n1. The first kappa shape index (κ1) is 18.9. The smallest absolute Gasteiger partial charge is 0.352 e. The molecule has 1 aromatic carbocycles. The third kappa shape index (κ3) is 4.66. The van der Waals surface area contributed by atoms with Crippen molar-refractivity contribution >= 4 is 33.4 Å². The van der Waals surface area contributed by atoms with E-state index in [1.807, 2.05) is 13.0 Å². The van der Waals surface area contributed by atoms with Crippen LogP contribution in [-0.4, -0.2) is 16.0 Å². The average molecular weight is 429 g/mol. The maximum absolute atomic E-state index is 13.1. The van der Waals surface area contributed by atoms with E-state index in [0.29, 0.717) is 23.4 Å². The van der Waals surface area contributed by atoms with Crippen LogP contribution in [0.25, 0.3) is 0 Å². The van der Waals surface area contributed by atoms with Gasteiger partial charge in [0.15, 0.2) is 0 Å². The summed E-state index contributed by atoms with van der Waals surface area (Å²) in [7, 11) is 0. The minimum atomic E-state index is -4.43. The fourth-order valence-corrected chi connectivity index (χ4v) is 2.94. The summed E-state index contributed by atoms with van der Waals surface area (Å²) in [6, 6.07) is 6.06. The summed E-state index contributed by atoms with van der Waals surface area (Å²) in [5, 5.41) is 6.22. The molecule has 26 heavy (non-hydrogen) atoms. The normalized spacial score (nSPS) is 15.6. The van der Waals surface area contributed by atoms with Gasteiger partial charge in [-0.3, -0.25) is 0 Å². The summed E-state index contributed by atoms with van der Waals surface area (Å²) in [6.45, 7) is 4.09. The second-order valence-corrected chi connectivity index (χ2v) is 7.40. The number of aromatic nitrogens is 2. The largest absolute Gasteiger partial charge is 0.417 e. The Labute approximate surface area is 158 Å². The van der Waals surface area contributed by atoms with Crippen LogP contribution in [0.2, 0.25) is 0 Å². The number of rotatable bonds is 6. The first-order chi connectivity index (χ1) is 12.3. The van der Waals surface area contributed by atoms with Gasteiger partial charge in [-0.05, 0) is 44.4 Å². The van der Waals surface area contributed by atoms with Gasteiger partial charge >= 0.3 is 6.18 Å². The Balaban J connectivity index is 1.89. The number of nitrogens with zero attached hydrogens (tertiary/aromatic N) is 2. The van der Waals surface area contributed by atoms with Crippen LogP contribution < -0.4 is 10.6 Å². The van der Waals surface area contributed by atoms with E-state index in [-0.39, 0.29) is 10.5 Å². The number of benzene rings is 1. The molecule has 2 aromatic rings. The highest BCUT2D eigenvalue weighted by molar-refractivity contribution is 9.10. The number of nitrogens with one attached hydrogen (secondary N) is 2. The van der Waals surface area contributed by atoms with E-state index in [1.54, 1.807) is 6.07 Å². The zero-order valence-electron chi connectivity index (χ0n) is 14.5. The van der Waals surface area contributed by atoms with Crippen molar-refractivity contribution in [3.8, 4) is 0 Å². The number of hydrogen-bond acceptors (Lipinski definition) is 4. The third-order valence-corrected chi connectivity index (χ3v) is 4.97. The van der Waals surface area contributed by atoms with Crippen LogP contribution in [0, 0.1) is 0 Å². The maximum Gasteiger partial charge on any atom is 0.417 e. The van der Waals surface area contributed by atoms with E-state index in [0.717, 1.165) is 31.0 Å². The fourth-order valence-electron chi connectivity index (χ4n) is 2.47. The van der Waals surface area contributed by atoms with Gasteiger partial charge in [0.1, 0.15) is 5.82 Å². The predicted molar refractivity (Wildman–Crippen MR) is 99.8 cm³/mol. The van der Waals surface area contributed by atoms with Gasteiger partial charge in [-0.2, -0.15) is 18.2 Å². The molecule has 0 radical (unpaired) electrons. The molecule has 1 aromatic heterocycles. The van der Waals surface area contributed by atoms with E-state index in [1.165, 1.54) is 6.07 Å². The van der Waals surface area contributed by atoms with E-state index >= 15 is 0 Å². The quantitative estimate of drug-likeness (QED) is 0.584. The first-order valence-electron chi connectivity index (χ1n) is 8.55. The fraction of sp³-hybridized carbons (Fsp3) is 0.444. The molecule has 2 N–H and O–H groups in total. The Morgan fingerprint density at radius 2 is 1.96 bits per heavy atom. The molecule has 1 atom stereocenters. The number of anilines is 3. The third-order valence-electron chi connectivity index (χ3n) is 4.27. The molecule has 1 heterocycles. The van der Waals surface area contributed by atoms with Crippen molar-refractivity contribution in [3.05, 3.63) is 40.0 Å².